The van der Waals surface area contributed by atoms with E-state index in [-0.39, 0.29) is 5.92 Å². The number of nitriles is 1. The van der Waals surface area contributed by atoms with E-state index in [1.54, 1.807) is 12.4 Å². The first-order valence-corrected chi connectivity index (χ1v) is 6.13. The molecule has 1 aromatic heterocycles. The lowest BCUT2D eigenvalue weighted by molar-refractivity contribution is 0.379. The number of hydrogen-bond donors (Lipinski definition) is 0. The van der Waals surface area contributed by atoms with Crippen molar-refractivity contribution in [2.24, 2.45) is 0 Å². The van der Waals surface area contributed by atoms with E-state index in [9.17, 15) is 5.26 Å². The van der Waals surface area contributed by atoms with Crippen molar-refractivity contribution in [1.82, 2.24) is 9.97 Å². The molecule has 1 aromatic carbocycles. The molecule has 0 spiro atoms. The van der Waals surface area contributed by atoms with Gasteiger partial charge in [-0.3, -0.25) is 0 Å². The minimum Gasteiger partial charge on any atom is -0.467 e. The Bertz CT molecular complexity index is 546. The quantitative estimate of drug-likeness (QED) is 0.822. The standard InChI is InChI=1S/C15H15N3O/c1-19-15-17-10-14(11-18-15)13(9-16)8-7-12-5-3-2-4-6-12/h2-6,10-11,13H,7-8H2,1H3/t13-/m1/s1. The average Bonchev–Trinajstić information content (AvgIpc) is 2.49. The molecule has 0 aliphatic heterocycles. The van der Waals surface area contributed by atoms with Crippen molar-refractivity contribution in [1.29, 1.82) is 5.26 Å². The maximum atomic E-state index is 9.25. The highest BCUT2D eigenvalue weighted by atomic mass is 16.5. The van der Waals surface area contributed by atoms with Gasteiger partial charge in [-0.1, -0.05) is 30.3 Å². The summed E-state index contributed by atoms with van der Waals surface area (Å²) < 4.78 is 4.91. The fraction of sp³-hybridized carbons (Fsp3) is 0.267. The highest BCUT2D eigenvalue weighted by Crippen LogP contribution is 2.20. The molecule has 1 heterocycles. The highest BCUT2D eigenvalue weighted by Gasteiger charge is 2.12. The van der Waals surface area contributed by atoms with Gasteiger partial charge in [0.2, 0.25) is 0 Å². The van der Waals surface area contributed by atoms with Crippen molar-refractivity contribution in [3.8, 4) is 12.1 Å². The zero-order valence-electron chi connectivity index (χ0n) is 10.8. The lowest BCUT2D eigenvalue weighted by atomic mass is 9.96. The summed E-state index contributed by atoms with van der Waals surface area (Å²) in [6.07, 6.45) is 4.94. The van der Waals surface area contributed by atoms with E-state index in [0.29, 0.717) is 6.01 Å². The average molecular weight is 253 g/mol. The van der Waals surface area contributed by atoms with Crippen molar-refractivity contribution in [2.45, 2.75) is 18.8 Å². The van der Waals surface area contributed by atoms with Gasteiger partial charge in [-0.05, 0) is 18.4 Å². The molecule has 0 N–H and O–H groups in total. The van der Waals surface area contributed by atoms with Crippen LogP contribution in [-0.4, -0.2) is 17.1 Å². The number of aromatic nitrogens is 2. The van der Waals surface area contributed by atoms with Gasteiger partial charge in [0.25, 0.3) is 0 Å². The first-order valence-electron chi connectivity index (χ1n) is 6.13. The highest BCUT2D eigenvalue weighted by molar-refractivity contribution is 5.22. The molecule has 0 saturated heterocycles. The van der Waals surface area contributed by atoms with Crippen LogP contribution < -0.4 is 4.74 Å². The monoisotopic (exact) mass is 253 g/mol. The van der Waals surface area contributed by atoms with Crippen LogP contribution in [0.25, 0.3) is 0 Å². The SMILES string of the molecule is COc1ncc([C@@H](C#N)CCc2ccccc2)cn1. The summed E-state index contributed by atoms with van der Waals surface area (Å²) in [6.45, 7) is 0. The Morgan fingerprint density at radius 3 is 2.47 bits per heavy atom. The second kappa shape index (κ2) is 6.50. The van der Waals surface area contributed by atoms with Crippen LogP contribution in [0.5, 0.6) is 6.01 Å². The van der Waals surface area contributed by atoms with Gasteiger partial charge >= 0.3 is 6.01 Å². The Hall–Kier alpha value is -2.41. The zero-order chi connectivity index (χ0) is 13.5. The van der Waals surface area contributed by atoms with E-state index in [1.807, 2.05) is 18.2 Å². The van der Waals surface area contributed by atoms with Gasteiger partial charge in [0.05, 0.1) is 19.1 Å². The van der Waals surface area contributed by atoms with Crippen LogP contribution in [0.3, 0.4) is 0 Å². The van der Waals surface area contributed by atoms with Crippen LogP contribution in [-0.2, 0) is 6.42 Å². The number of ether oxygens (including phenoxy) is 1. The van der Waals surface area contributed by atoms with Gasteiger partial charge < -0.3 is 4.74 Å². The molecule has 1 atom stereocenters. The Kier molecular flexibility index (Phi) is 4.46. The van der Waals surface area contributed by atoms with E-state index in [0.717, 1.165) is 18.4 Å². The van der Waals surface area contributed by atoms with Crippen molar-refractivity contribution in [2.75, 3.05) is 7.11 Å². The van der Waals surface area contributed by atoms with Gasteiger partial charge in [0.1, 0.15) is 0 Å². The summed E-state index contributed by atoms with van der Waals surface area (Å²) in [7, 11) is 1.52. The van der Waals surface area contributed by atoms with Crippen molar-refractivity contribution >= 4 is 0 Å². The maximum Gasteiger partial charge on any atom is 0.316 e. The summed E-state index contributed by atoms with van der Waals surface area (Å²) in [5.41, 5.74) is 2.07. The second-order valence-corrected chi connectivity index (χ2v) is 4.21. The molecule has 0 fully saturated rings. The Morgan fingerprint density at radius 2 is 1.89 bits per heavy atom. The molecule has 0 aliphatic rings. The molecule has 0 unspecified atom stereocenters. The molecule has 0 aliphatic carbocycles. The third-order valence-corrected chi connectivity index (χ3v) is 2.95. The summed E-state index contributed by atoms with van der Waals surface area (Å²) in [5, 5.41) is 9.25. The summed E-state index contributed by atoms with van der Waals surface area (Å²) in [6, 6.07) is 12.8. The normalized spacial score (nSPS) is 11.6. The first kappa shape index (κ1) is 13.0. The fourth-order valence-corrected chi connectivity index (χ4v) is 1.87. The van der Waals surface area contributed by atoms with Crippen LogP contribution in [0.2, 0.25) is 0 Å². The molecule has 4 nitrogen and oxygen atoms in total. The molecular weight excluding hydrogens is 238 g/mol. The van der Waals surface area contributed by atoms with E-state index in [1.165, 1.54) is 12.7 Å². The number of methoxy groups -OCH3 is 1. The molecule has 2 rings (SSSR count). The van der Waals surface area contributed by atoms with Crippen LogP contribution in [0.4, 0.5) is 0 Å². The van der Waals surface area contributed by atoms with Crippen LogP contribution in [0.15, 0.2) is 42.7 Å². The number of rotatable bonds is 5. The van der Waals surface area contributed by atoms with Crippen LogP contribution in [0.1, 0.15) is 23.5 Å². The fourth-order valence-electron chi connectivity index (χ4n) is 1.87. The molecule has 2 aromatic rings. The minimum absolute atomic E-state index is 0.189. The van der Waals surface area contributed by atoms with Gasteiger partial charge in [-0.15, -0.1) is 0 Å². The topological polar surface area (TPSA) is 58.8 Å². The van der Waals surface area contributed by atoms with Gasteiger partial charge in [0, 0.05) is 18.0 Å². The largest absolute Gasteiger partial charge is 0.467 e. The zero-order valence-corrected chi connectivity index (χ0v) is 10.8. The van der Waals surface area contributed by atoms with E-state index < -0.39 is 0 Å². The van der Waals surface area contributed by atoms with E-state index in [4.69, 9.17) is 4.74 Å². The van der Waals surface area contributed by atoms with Crippen LogP contribution >= 0.6 is 0 Å². The second-order valence-electron chi connectivity index (χ2n) is 4.21. The Morgan fingerprint density at radius 1 is 1.21 bits per heavy atom. The number of nitrogens with zero attached hydrogens (tertiary/aromatic N) is 3. The molecule has 4 heteroatoms. The first-order chi connectivity index (χ1) is 9.33. The van der Waals surface area contributed by atoms with Gasteiger partial charge in [-0.2, -0.15) is 5.26 Å². The molecule has 0 radical (unpaired) electrons. The summed E-state index contributed by atoms with van der Waals surface area (Å²) in [5.74, 6) is -0.189. The van der Waals surface area contributed by atoms with E-state index in [2.05, 4.69) is 28.2 Å². The molecule has 0 amide bonds. The molecule has 96 valence electrons. The van der Waals surface area contributed by atoms with E-state index >= 15 is 0 Å². The molecule has 19 heavy (non-hydrogen) atoms. The lowest BCUT2D eigenvalue weighted by Crippen LogP contribution is -2.01. The van der Waals surface area contributed by atoms with Gasteiger partial charge in [-0.25, -0.2) is 9.97 Å². The molecule has 0 bridgehead atoms. The third-order valence-electron chi connectivity index (χ3n) is 2.95. The summed E-state index contributed by atoms with van der Waals surface area (Å²) >= 11 is 0. The Balaban J connectivity index is 2.02. The summed E-state index contributed by atoms with van der Waals surface area (Å²) in [4.78, 5) is 8.07. The minimum atomic E-state index is -0.189. The Labute approximate surface area is 112 Å². The smallest absolute Gasteiger partial charge is 0.316 e. The third kappa shape index (κ3) is 3.52. The van der Waals surface area contributed by atoms with Gasteiger partial charge in [0.15, 0.2) is 0 Å². The number of hydrogen-bond acceptors (Lipinski definition) is 4. The molecule has 0 saturated carbocycles. The van der Waals surface area contributed by atoms with Crippen molar-refractivity contribution < 1.29 is 4.74 Å². The number of aryl methyl sites for hydroxylation is 1. The van der Waals surface area contributed by atoms with Crippen molar-refractivity contribution in [3.63, 3.8) is 0 Å². The number of benzene rings is 1. The predicted molar refractivity (Wildman–Crippen MR) is 71.7 cm³/mol. The van der Waals surface area contributed by atoms with Crippen LogP contribution in [0, 0.1) is 11.3 Å². The predicted octanol–water partition coefficient (Wildman–Crippen LogP) is 2.73. The lowest BCUT2D eigenvalue weighted by Gasteiger charge is -2.09. The molecular formula is C15H15N3O. The maximum absolute atomic E-state index is 9.25. The van der Waals surface area contributed by atoms with Crippen molar-refractivity contribution in [3.05, 3.63) is 53.9 Å².